The van der Waals surface area contributed by atoms with Crippen LogP contribution in [0.3, 0.4) is 0 Å². The average Bonchev–Trinajstić information content (AvgIpc) is 2.38. The summed E-state index contributed by atoms with van der Waals surface area (Å²) in [4.78, 5) is 10.6. The van der Waals surface area contributed by atoms with E-state index in [0.29, 0.717) is 6.42 Å². The van der Waals surface area contributed by atoms with Crippen LogP contribution in [-0.4, -0.2) is 28.6 Å². The lowest BCUT2D eigenvalue weighted by Gasteiger charge is -2.24. The highest BCUT2D eigenvalue weighted by atomic mass is 32.2. The van der Waals surface area contributed by atoms with Crippen LogP contribution in [0.1, 0.15) is 32.3 Å². The minimum atomic E-state index is -0.907. The highest BCUT2D eigenvalue weighted by Crippen LogP contribution is 2.27. The molecule has 1 aromatic carbocycles. The maximum Gasteiger partial charge on any atom is 0.320 e. The van der Waals surface area contributed by atoms with E-state index in [1.165, 1.54) is 5.56 Å². The first-order valence-electron chi connectivity index (χ1n) is 7.01. The molecule has 0 bridgehead atoms. The summed E-state index contributed by atoms with van der Waals surface area (Å²) >= 11 is 1.79. The van der Waals surface area contributed by atoms with E-state index in [4.69, 9.17) is 10.8 Å². The van der Waals surface area contributed by atoms with Crippen LogP contribution in [0.15, 0.2) is 30.3 Å². The molecule has 0 aliphatic rings. The fraction of sp³-hybridized carbons (Fsp3) is 0.562. The Morgan fingerprint density at radius 1 is 1.30 bits per heavy atom. The maximum absolute atomic E-state index is 10.6. The summed E-state index contributed by atoms with van der Waals surface area (Å²) in [6, 6.07) is 9.81. The SMILES string of the molecule is CC(C)(CCSCCC(N)C(=O)O)Cc1ccccc1. The van der Waals surface area contributed by atoms with Crippen molar-refractivity contribution in [3.63, 3.8) is 0 Å². The molecule has 4 heteroatoms. The number of hydrogen-bond acceptors (Lipinski definition) is 3. The van der Waals surface area contributed by atoms with E-state index in [9.17, 15) is 4.79 Å². The van der Waals surface area contributed by atoms with E-state index >= 15 is 0 Å². The molecule has 0 aliphatic carbocycles. The zero-order valence-electron chi connectivity index (χ0n) is 12.3. The molecular weight excluding hydrogens is 270 g/mol. The normalized spacial score (nSPS) is 13.2. The summed E-state index contributed by atoms with van der Waals surface area (Å²) in [5.74, 6) is 0.955. The van der Waals surface area contributed by atoms with E-state index in [0.717, 1.165) is 24.3 Å². The third kappa shape index (κ3) is 6.96. The van der Waals surface area contributed by atoms with Gasteiger partial charge in [0, 0.05) is 0 Å². The number of hydrogen-bond donors (Lipinski definition) is 2. The molecule has 3 N–H and O–H groups in total. The second kappa shape index (κ2) is 8.32. The lowest BCUT2D eigenvalue weighted by atomic mass is 9.83. The van der Waals surface area contributed by atoms with Crippen molar-refractivity contribution in [2.75, 3.05) is 11.5 Å². The van der Waals surface area contributed by atoms with Crippen molar-refractivity contribution in [1.29, 1.82) is 0 Å². The van der Waals surface area contributed by atoms with Crippen molar-refractivity contribution < 1.29 is 9.90 Å². The monoisotopic (exact) mass is 295 g/mol. The Morgan fingerprint density at radius 3 is 2.55 bits per heavy atom. The van der Waals surface area contributed by atoms with E-state index in [2.05, 4.69) is 38.1 Å². The highest BCUT2D eigenvalue weighted by molar-refractivity contribution is 7.99. The molecule has 0 radical (unpaired) electrons. The number of carboxylic acid groups (broad SMARTS) is 1. The summed E-state index contributed by atoms with van der Waals surface area (Å²) in [6.07, 6.45) is 2.73. The lowest BCUT2D eigenvalue weighted by molar-refractivity contribution is -0.138. The van der Waals surface area contributed by atoms with E-state index in [1.54, 1.807) is 11.8 Å². The summed E-state index contributed by atoms with van der Waals surface area (Å²) in [6.45, 7) is 4.56. The Kier molecular flexibility index (Phi) is 7.10. The van der Waals surface area contributed by atoms with Crippen molar-refractivity contribution in [1.82, 2.24) is 0 Å². The molecule has 20 heavy (non-hydrogen) atoms. The number of aliphatic carboxylic acids is 1. The first-order chi connectivity index (χ1) is 9.41. The zero-order chi connectivity index (χ0) is 15.0. The molecule has 112 valence electrons. The van der Waals surface area contributed by atoms with Crippen molar-refractivity contribution in [3.8, 4) is 0 Å². The van der Waals surface area contributed by atoms with Gasteiger partial charge in [-0.2, -0.15) is 11.8 Å². The molecule has 1 rings (SSSR count). The predicted octanol–water partition coefficient (Wildman–Crippen LogP) is 3.18. The molecule has 0 spiro atoms. The van der Waals surface area contributed by atoms with Gasteiger partial charge in [0.05, 0.1) is 0 Å². The number of nitrogens with two attached hydrogens (primary N) is 1. The topological polar surface area (TPSA) is 63.3 Å². The molecule has 0 saturated heterocycles. The third-order valence-electron chi connectivity index (χ3n) is 3.34. The van der Waals surface area contributed by atoms with Crippen LogP contribution in [0.25, 0.3) is 0 Å². The molecule has 0 aromatic heterocycles. The highest BCUT2D eigenvalue weighted by Gasteiger charge is 2.18. The van der Waals surface area contributed by atoms with Gasteiger partial charge in [0.1, 0.15) is 6.04 Å². The molecular formula is C16H25NO2S. The zero-order valence-corrected chi connectivity index (χ0v) is 13.2. The minimum Gasteiger partial charge on any atom is -0.480 e. The van der Waals surface area contributed by atoms with Gasteiger partial charge in [-0.25, -0.2) is 0 Å². The summed E-state index contributed by atoms with van der Waals surface area (Å²) in [5, 5.41) is 8.70. The van der Waals surface area contributed by atoms with Gasteiger partial charge in [0.2, 0.25) is 0 Å². The van der Waals surface area contributed by atoms with E-state index in [-0.39, 0.29) is 5.41 Å². The van der Waals surface area contributed by atoms with E-state index in [1.807, 2.05) is 6.07 Å². The Labute approximate surface area is 125 Å². The predicted molar refractivity (Wildman–Crippen MR) is 86.1 cm³/mol. The van der Waals surface area contributed by atoms with Crippen molar-refractivity contribution in [3.05, 3.63) is 35.9 Å². The maximum atomic E-state index is 10.6. The van der Waals surface area contributed by atoms with Crippen LogP contribution in [0, 0.1) is 5.41 Å². The van der Waals surface area contributed by atoms with Gasteiger partial charge >= 0.3 is 5.97 Å². The minimum absolute atomic E-state index is 0.267. The molecule has 0 aliphatic heterocycles. The van der Waals surface area contributed by atoms with Crippen molar-refractivity contribution >= 4 is 17.7 Å². The summed E-state index contributed by atoms with van der Waals surface area (Å²) in [5.41, 5.74) is 7.11. The van der Waals surface area contributed by atoms with Gasteiger partial charge in [-0.1, -0.05) is 44.2 Å². The Morgan fingerprint density at radius 2 is 1.95 bits per heavy atom. The molecule has 1 aromatic rings. The fourth-order valence-corrected chi connectivity index (χ4v) is 3.34. The number of carboxylic acids is 1. The van der Waals surface area contributed by atoms with E-state index < -0.39 is 12.0 Å². The first kappa shape index (κ1) is 17.1. The molecule has 1 atom stereocenters. The number of thioether (sulfide) groups is 1. The van der Waals surface area contributed by atoms with Crippen molar-refractivity contribution in [2.24, 2.45) is 11.1 Å². The summed E-state index contributed by atoms with van der Waals surface area (Å²) < 4.78 is 0. The molecule has 0 fully saturated rings. The van der Waals surface area contributed by atoms with Crippen molar-refractivity contribution in [2.45, 2.75) is 39.2 Å². The van der Waals surface area contributed by atoms with Gasteiger partial charge in [0.15, 0.2) is 0 Å². The smallest absolute Gasteiger partial charge is 0.320 e. The van der Waals surface area contributed by atoms with Crippen LogP contribution in [-0.2, 0) is 11.2 Å². The Hall–Kier alpha value is -1.00. The number of benzene rings is 1. The first-order valence-corrected chi connectivity index (χ1v) is 8.16. The number of carbonyl (C=O) groups is 1. The van der Waals surface area contributed by atoms with Gasteiger partial charge in [-0.15, -0.1) is 0 Å². The summed E-state index contributed by atoms with van der Waals surface area (Å²) in [7, 11) is 0. The number of rotatable bonds is 9. The second-order valence-electron chi connectivity index (χ2n) is 5.92. The van der Waals surface area contributed by atoms with Crippen LogP contribution >= 0.6 is 11.8 Å². The molecule has 1 unspecified atom stereocenters. The van der Waals surface area contributed by atoms with Crippen LogP contribution < -0.4 is 5.73 Å². The molecule has 3 nitrogen and oxygen atoms in total. The Bertz CT molecular complexity index is 406. The standard InChI is InChI=1S/C16H25NO2S/c1-16(2,12-13-6-4-3-5-7-13)9-11-20-10-8-14(17)15(18)19/h3-7,14H,8-12,17H2,1-2H3,(H,18,19). The molecule has 0 amide bonds. The molecule has 0 saturated carbocycles. The average molecular weight is 295 g/mol. The largest absolute Gasteiger partial charge is 0.480 e. The van der Waals surface area contributed by atoms with Gasteiger partial charge < -0.3 is 10.8 Å². The molecule has 0 heterocycles. The van der Waals surface area contributed by atoms with Crippen LogP contribution in [0.4, 0.5) is 0 Å². The van der Waals surface area contributed by atoms with Crippen LogP contribution in [0.5, 0.6) is 0 Å². The van der Waals surface area contributed by atoms with Gasteiger partial charge in [-0.3, -0.25) is 4.79 Å². The Balaban J connectivity index is 2.21. The quantitative estimate of drug-likeness (QED) is 0.687. The van der Waals surface area contributed by atoms with Crippen LogP contribution in [0.2, 0.25) is 0 Å². The fourth-order valence-electron chi connectivity index (χ4n) is 2.02. The van der Waals surface area contributed by atoms with Gasteiger partial charge in [0.25, 0.3) is 0 Å². The second-order valence-corrected chi connectivity index (χ2v) is 7.15. The lowest BCUT2D eigenvalue weighted by Crippen LogP contribution is -2.30. The van der Waals surface area contributed by atoms with Gasteiger partial charge in [-0.05, 0) is 41.7 Å². The third-order valence-corrected chi connectivity index (χ3v) is 4.36.